The number of rotatable bonds is 2. The summed E-state index contributed by atoms with van der Waals surface area (Å²) in [6.07, 6.45) is -0.454. The molecule has 2 aliphatic rings. The van der Waals surface area contributed by atoms with Gasteiger partial charge in [-0.2, -0.15) is 0 Å². The molecule has 0 bridgehead atoms. The molecule has 0 N–H and O–H groups in total. The molecule has 6 nitrogen and oxygen atoms in total. The van der Waals surface area contributed by atoms with Gasteiger partial charge in [-0.3, -0.25) is 9.69 Å². The van der Waals surface area contributed by atoms with Gasteiger partial charge in [0.1, 0.15) is 17.0 Å². The zero-order valence-corrected chi connectivity index (χ0v) is 18.4. The highest BCUT2D eigenvalue weighted by atomic mass is 35.5. The number of likely N-dealkylation sites (N-methyl/N-ethyl adjacent to an activating group) is 1. The van der Waals surface area contributed by atoms with E-state index in [-0.39, 0.29) is 11.3 Å². The number of nitrogens with zero attached hydrogens (tertiary/aromatic N) is 3. The lowest BCUT2D eigenvalue weighted by Crippen LogP contribution is -2.55. The standard InChI is InChI=1S/C20H28ClN3O3S/c1-20(2,3)27-19(26)24-16(17(25)23-11-9-22(4)10-12-23)13-28-18(24)14-5-7-15(21)8-6-14/h5-8,16,18H,9-13H2,1-4H3/t16-,18+/m1/s1. The second-order valence-electron chi connectivity index (χ2n) is 8.27. The van der Waals surface area contributed by atoms with Crippen molar-refractivity contribution >= 4 is 35.4 Å². The molecular formula is C20H28ClN3O3S. The van der Waals surface area contributed by atoms with Crippen molar-refractivity contribution in [2.75, 3.05) is 39.0 Å². The van der Waals surface area contributed by atoms with Gasteiger partial charge in [-0.1, -0.05) is 23.7 Å². The van der Waals surface area contributed by atoms with Gasteiger partial charge in [0.15, 0.2) is 0 Å². The van der Waals surface area contributed by atoms with E-state index in [0.29, 0.717) is 23.9 Å². The van der Waals surface area contributed by atoms with E-state index in [1.165, 1.54) is 0 Å². The first-order valence-corrected chi connectivity index (χ1v) is 10.9. The first kappa shape index (κ1) is 21.3. The second kappa shape index (κ2) is 8.51. The number of halogens is 1. The third-order valence-corrected chi connectivity index (χ3v) is 6.44. The third kappa shape index (κ3) is 4.93. The topological polar surface area (TPSA) is 53.1 Å². The molecular weight excluding hydrogens is 398 g/mol. The molecule has 154 valence electrons. The van der Waals surface area contributed by atoms with Crippen LogP contribution in [-0.4, -0.2) is 77.3 Å². The summed E-state index contributed by atoms with van der Waals surface area (Å²) in [5, 5.41) is 0.370. The summed E-state index contributed by atoms with van der Waals surface area (Å²) in [6.45, 7) is 8.57. The van der Waals surface area contributed by atoms with E-state index in [2.05, 4.69) is 11.9 Å². The van der Waals surface area contributed by atoms with E-state index in [1.807, 2.05) is 37.8 Å². The highest BCUT2D eigenvalue weighted by Gasteiger charge is 2.45. The number of piperazine rings is 1. The molecule has 0 aliphatic carbocycles. The molecule has 2 atom stereocenters. The van der Waals surface area contributed by atoms with E-state index in [4.69, 9.17) is 16.3 Å². The summed E-state index contributed by atoms with van der Waals surface area (Å²) in [5.74, 6) is 0.556. The molecule has 2 saturated heterocycles. The molecule has 1 aromatic rings. The highest BCUT2D eigenvalue weighted by molar-refractivity contribution is 7.99. The molecule has 2 heterocycles. The minimum atomic E-state index is -0.629. The predicted molar refractivity (Wildman–Crippen MR) is 113 cm³/mol. The van der Waals surface area contributed by atoms with E-state index >= 15 is 0 Å². The maximum Gasteiger partial charge on any atom is 0.412 e. The number of carbonyl (C=O) groups is 2. The van der Waals surface area contributed by atoms with Gasteiger partial charge in [0.2, 0.25) is 5.91 Å². The normalized spacial score (nSPS) is 23.8. The number of benzene rings is 1. The van der Waals surface area contributed by atoms with Crippen LogP contribution in [0.15, 0.2) is 24.3 Å². The Morgan fingerprint density at radius 2 is 1.71 bits per heavy atom. The van der Waals surface area contributed by atoms with Crippen molar-refractivity contribution in [3.05, 3.63) is 34.9 Å². The fourth-order valence-electron chi connectivity index (χ4n) is 3.36. The Balaban J connectivity index is 1.84. The summed E-state index contributed by atoms with van der Waals surface area (Å²) >= 11 is 7.61. The maximum absolute atomic E-state index is 13.2. The second-order valence-corrected chi connectivity index (χ2v) is 9.82. The molecule has 2 fully saturated rings. The molecule has 1 aromatic carbocycles. The Hall–Kier alpha value is -1.44. The van der Waals surface area contributed by atoms with E-state index in [1.54, 1.807) is 28.8 Å². The van der Waals surface area contributed by atoms with Crippen molar-refractivity contribution in [1.82, 2.24) is 14.7 Å². The minimum absolute atomic E-state index is 0.00271. The lowest BCUT2D eigenvalue weighted by Gasteiger charge is -2.37. The number of amides is 2. The van der Waals surface area contributed by atoms with Gasteiger partial charge >= 0.3 is 6.09 Å². The summed E-state index contributed by atoms with van der Waals surface area (Å²) in [7, 11) is 2.05. The van der Waals surface area contributed by atoms with Crippen molar-refractivity contribution in [3.63, 3.8) is 0 Å². The SMILES string of the molecule is CN1CCN(C(=O)[C@H]2CS[C@@H](c3ccc(Cl)cc3)N2C(=O)OC(C)(C)C)CC1. The lowest BCUT2D eigenvalue weighted by molar-refractivity contribution is -0.137. The van der Waals surface area contributed by atoms with E-state index in [0.717, 1.165) is 18.7 Å². The van der Waals surface area contributed by atoms with E-state index < -0.39 is 17.7 Å². The fourth-order valence-corrected chi connectivity index (χ4v) is 4.89. The van der Waals surface area contributed by atoms with Crippen LogP contribution in [0.3, 0.4) is 0 Å². The maximum atomic E-state index is 13.2. The molecule has 2 amide bonds. The van der Waals surface area contributed by atoms with Gasteiger partial charge in [-0.25, -0.2) is 4.79 Å². The molecule has 0 radical (unpaired) electrons. The lowest BCUT2D eigenvalue weighted by atomic mass is 10.1. The smallest absolute Gasteiger partial charge is 0.412 e. The number of carbonyl (C=O) groups excluding carboxylic acids is 2. The summed E-state index contributed by atoms with van der Waals surface area (Å²) in [4.78, 5) is 32.0. The molecule has 8 heteroatoms. The minimum Gasteiger partial charge on any atom is -0.444 e. The van der Waals surface area contributed by atoms with Crippen LogP contribution in [0.5, 0.6) is 0 Å². The number of ether oxygens (including phenoxy) is 1. The molecule has 0 spiro atoms. The van der Waals surface area contributed by atoms with Crippen LogP contribution in [0.1, 0.15) is 31.7 Å². The zero-order chi connectivity index (χ0) is 20.5. The largest absolute Gasteiger partial charge is 0.444 e. The average molecular weight is 426 g/mol. The average Bonchev–Trinajstić information content (AvgIpc) is 3.06. The van der Waals surface area contributed by atoms with Gasteiger partial charge in [-0.05, 0) is 45.5 Å². The Morgan fingerprint density at radius 1 is 1.11 bits per heavy atom. The van der Waals surface area contributed by atoms with Crippen LogP contribution in [-0.2, 0) is 9.53 Å². The summed E-state index contributed by atoms with van der Waals surface area (Å²) < 4.78 is 5.65. The Kier molecular flexibility index (Phi) is 6.47. The van der Waals surface area contributed by atoms with Crippen LogP contribution in [0.2, 0.25) is 5.02 Å². The van der Waals surface area contributed by atoms with Crippen LogP contribution < -0.4 is 0 Å². The van der Waals surface area contributed by atoms with Gasteiger partial charge < -0.3 is 14.5 Å². The molecule has 3 rings (SSSR count). The molecule has 0 saturated carbocycles. The van der Waals surface area contributed by atoms with Crippen molar-refractivity contribution in [2.45, 2.75) is 37.8 Å². The van der Waals surface area contributed by atoms with Crippen molar-refractivity contribution < 1.29 is 14.3 Å². The zero-order valence-electron chi connectivity index (χ0n) is 16.9. The quantitative estimate of drug-likeness (QED) is 0.726. The van der Waals surface area contributed by atoms with Crippen LogP contribution in [0.4, 0.5) is 4.79 Å². The molecule has 0 unspecified atom stereocenters. The number of hydrogen-bond acceptors (Lipinski definition) is 5. The Morgan fingerprint density at radius 3 is 2.29 bits per heavy atom. The Bertz CT molecular complexity index is 714. The highest BCUT2D eigenvalue weighted by Crippen LogP contribution is 2.43. The first-order valence-electron chi connectivity index (χ1n) is 9.51. The van der Waals surface area contributed by atoms with Crippen LogP contribution in [0.25, 0.3) is 0 Å². The predicted octanol–water partition coefficient (Wildman–Crippen LogP) is 3.47. The van der Waals surface area contributed by atoms with Gasteiger partial charge in [0, 0.05) is 37.0 Å². The summed E-state index contributed by atoms with van der Waals surface area (Å²) in [6, 6.07) is 6.89. The molecule has 28 heavy (non-hydrogen) atoms. The van der Waals surface area contributed by atoms with Crippen molar-refractivity contribution in [2.24, 2.45) is 0 Å². The number of hydrogen-bond donors (Lipinski definition) is 0. The monoisotopic (exact) mass is 425 g/mol. The van der Waals surface area contributed by atoms with Crippen LogP contribution >= 0.6 is 23.4 Å². The van der Waals surface area contributed by atoms with Crippen molar-refractivity contribution in [3.8, 4) is 0 Å². The Labute approximate surface area is 176 Å². The van der Waals surface area contributed by atoms with Crippen LogP contribution in [0, 0.1) is 0 Å². The van der Waals surface area contributed by atoms with Gasteiger partial charge in [-0.15, -0.1) is 11.8 Å². The van der Waals surface area contributed by atoms with Gasteiger partial charge in [0.25, 0.3) is 0 Å². The first-order chi connectivity index (χ1) is 13.2. The third-order valence-electron chi connectivity index (χ3n) is 4.86. The van der Waals surface area contributed by atoms with E-state index in [9.17, 15) is 9.59 Å². The van der Waals surface area contributed by atoms with Crippen molar-refractivity contribution in [1.29, 1.82) is 0 Å². The fraction of sp³-hybridized carbons (Fsp3) is 0.600. The number of thioether (sulfide) groups is 1. The molecule has 0 aromatic heterocycles. The molecule has 2 aliphatic heterocycles. The van der Waals surface area contributed by atoms with Gasteiger partial charge in [0.05, 0.1) is 0 Å². The summed E-state index contributed by atoms with van der Waals surface area (Å²) in [5.41, 5.74) is 0.310.